The maximum absolute atomic E-state index is 12.9. The summed E-state index contributed by atoms with van der Waals surface area (Å²) < 4.78 is 39.8. The number of hydrogen-bond donors (Lipinski definition) is 0. The molecular weight excluding hydrogens is 376 g/mol. The molecule has 0 fully saturated rings. The molecule has 0 aliphatic rings. The third-order valence-corrected chi connectivity index (χ3v) is 4.24. The molecule has 25 heavy (non-hydrogen) atoms. The quantitative estimate of drug-likeness (QED) is 0.544. The van der Waals surface area contributed by atoms with E-state index in [1.54, 1.807) is 12.1 Å². The molecule has 0 atom stereocenters. The third kappa shape index (κ3) is 3.55. The molecule has 0 saturated carbocycles. The highest BCUT2D eigenvalue weighted by molar-refractivity contribution is 6.42. The average molecular weight is 385 g/mol. The molecule has 1 aromatic heterocycles. The van der Waals surface area contributed by atoms with E-state index in [0.717, 1.165) is 12.1 Å². The van der Waals surface area contributed by atoms with Crippen molar-refractivity contribution >= 4 is 29.5 Å². The SMILES string of the molecule is O=Cc1cn(-c2cccc(C(F)(F)F)c2)nc1-c1ccc(Cl)c(Cl)c1. The van der Waals surface area contributed by atoms with Crippen LogP contribution in [0, 0.1) is 0 Å². The molecule has 0 amide bonds. The van der Waals surface area contributed by atoms with Crippen LogP contribution in [0.15, 0.2) is 48.7 Å². The minimum absolute atomic E-state index is 0.184. The summed E-state index contributed by atoms with van der Waals surface area (Å²) in [6.45, 7) is 0. The lowest BCUT2D eigenvalue weighted by Crippen LogP contribution is -2.06. The van der Waals surface area contributed by atoms with Gasteiger partial charge < -0.3 is 0 Å². The van der Waals surface area contributed by atoms with Crippen LogP contribution in [0.4, 0.5) is 13.2 Å². The maximum Gasteiger partial charge on any atom is 0.416 e. The van der Waals surface area contributed by atoms with Crippen molar-refractivity contribution in [3.8, 4) is 16.9 Å². The second kappa shape index (κ2) is 6.54. The molecule has 0 spiro atoms. The van der Waals surface area contributed by atoms with Gasteiger partial charge in [0.2, 0.25) is 0 Å². The zero-order chi connectivity index (χ0) is 18.2. The lowest BCUT2D eigenvalue weighted by Gasteiger charge is -2.08. The lowest BCUT2D eigenvalue weighted by atomic mass is 10.1. The molecule has 8 heteroatoms. The predicted molar refractivity (Wildman–Crippen MR) is 89.4 cm³/mol. The van der Waals surface area contributed by atoms with E-state index in [2.05, 4.69) is 5.10 Å². The third-order valence-electron chi connectivity index (χ3n) is 3.50. The zero-order valence-corrected chi connectivity index (χ0v) is 13.9. The van der Waals surface area contributed by atoms with Gasteiger partial charge in [0.15, 0.2) is 6.29 Å². The number of alkyl halides is 3. The van der Waals surface area contributed by atoms with Crippen LogP contribution in [-0.4, -0.2) is 16.1 Å². The fourth-order valence-electron chi connectivity index (χ4n) is 2.30. The summed E-state index contributed by atoms with van der Waals surface area (Å²) in [5.74, 6) is 0. The van der Waals surface area contributed by atoms with E-state index in [1.807, 2.05) is 0 Å². The Hall–Kier alpha value is -2.31. The predicted octanol–water partition coefficient (Wildman–Crippen LogP) is 5.68. The standard InChI is InChI=1S/C17H9Cl2F3N2O/c18-14-5-4-10(6-15(14)19)16-11(9-25)8-24(23-16)13-3-1-2-12(7-13)17(20,21)22/h1-9H. The minimum Gasteiger partial charge on any atom is -0.298 e. The first kappa shape index (κ1) is 17.5. The molecule has 3 aromatic rings. The monoisotopic (exact) mass is 384 g/mol. The lowest BCUT2D eigenvalue weighted by molar-refractivity contribution is -0.137. The molecule has 0 bridgehead atoms. The van der Waals surface area contributed by atoms with Gasteiger partial charge in [0.05, 0.1) is 26.9 Å². The van der Waals surface area contributed by atoms with Gasteiger partial charge in [0.25, 0.3) is 0 Å². The summed E-state index contributed by atoms with van der Waals surface area (Å²) in [4.78, 5) is 11.3. The van der Waals surface area contributed by atoms with Gasteiger partial charge in [-0.05, 0) is 30.3 Å². The summed E-state index contributed by atoms with van der Waals surface area (Å²) in [6.07, 6.45) is -2.53. The van der Waals surface area contributed by atoms with Crippen LogP contribution in [0.25, 0.3) is 16.9 Å². The number of rotatable bonds is 3. The van der Waals surface area contributed by atoms with Crippen molar-refractivity contribution in [3.63, 3.8) is 0 Å². The Bertz CT molecular complexity index is 951. The van der Waals surface area contributed by atoms with Crippen molar-refractivity contribution in [1.82, 2.24) is 9.78 Å². The van der Waals surface area contributed by atoms with Crippen LogP contribution in [0.5, 0.6) is 0 Å². The van der Waals surface area contributed by atoms with Crippen LogP contribution < -0.4 is 0 Å². The topological polar surface area (TPSA) is 34.9 Å². The van der Waals surface area contributed by atoms with Gasteiger partial charge in [-0.2, -0.15) is 18.3 Å². The van der Waals surface area contributed by atoms with Crippen molar-refractivity contribution in [1.29, 1.82) is 0 Å². The Morgan fingerprint density at radius 3 is 2.44 bits per heavy atom. The van der Waals surface area contributed by atoms with E-state index in [1.165, 1.54) is 29.1 Å². The highest BCUT2D eigenvalue weighted by atomic mass is 35.5. The van der Waals surface area contributed by atoms with Crippen LogP contribution in [0.3, 0.4) is 0 Å². The van der Waals surface area contributed by atoms with Gasteiger partial charge in [0.1, 0.15) is 5.69 Å². The van der Waals surface area contributed by atoms with E-state index >= 15 is 0 Å². The summed E-state index contributed by atoms with van der Waals surface area (Å²) in [6, 6.07) is 9.38. The molecule has 0 unspecified atom stereocenters. The Labute approximate surface area is 150 Å². The largest absolute Gasteiger partial charge is 0.416 e. The molecule has 2 aromatic carbocycles. The van der Waals surface area contributed by atoms with Crippen molar-refractivity contribution in [2.75, 3.05) is 0 Å². The van der Waals surface area contributed by atoms with Crippen molar-refractivity contribution in [2.24, 2.45) is 0 Å². The summed E-state index contributed by atoms with van der Waals surface area (Å²) in [5.41, 5.74) is 0.428. The fourth-order valence-corrected chi connectivity index (χ4v) is 2.60. The number of hydrogen-bond acceptors (Lipinski definition) is 2. The maximum atomic E-state index is 12.9. The average Bonchev–Trinajstić information content (AvgIpc) is 3.01. The Morgan fingerprint density at radius 1 is 1.04 bits per heavy atom. The van der Waals surface area contributed by atoms with Gasteiger partial charge in [-0.1, -0.05) is 35.3 Å². The van der Waals surface area contributed by atoms with Gasteiger partial charge in [-0.15, -0.1) is 0 Å². The van der Waals surface area contributed by atoms with Gasteiger partial charge >= 0.3 is 6.18 Å². The molecule has 128 valence electrons. The highest BCUT2D eigenvalue weighted by Crippen LogP contribution is 2.32. The second-order valence-electron chi connectivity index (χ2n) is 5.17. The second-order valence-corrected chi connectivity index (χ2v) is 5.99. The van der Waals surface area contributed by atoms with Crippen LogP contribution in [-0.2, 0) is 6.18 Å². The molecule has 1 heterocycles. The zero-order valence-electron chi connectivity index (χ0n) is 12.4. The highest BCUT2D eigenvalue weighted by Gasteiger charge is 2.30. The Balaban J connectivity index is 2.10. The summed E-state index contributed by atoms with van der Waals surface area (Å²) >= 11 is 11.8. The first-order chi connectivity index (χ1) is 11.8. The first-order valence-electron chi connectivity index (χ1n) is 6.97. The van der Waals surface area contributed by atoms with Crippen molar-refractivity contribution in [2.45, 2.75) is 6.18 Å². The Kier molecular flexibility index (Phi) is 4.58. The summed E-state index contributed by atoms with van der Waals surface area (Å²) in [5, 5.41) is 4.86. The van der Waals surface area contributed by atoms with E-state index < -0.39 is 11.7 Å². The number of carbonyl (C=O) groups is 1. The number of aromatic nitrogens is 2. The van der Waals surface area contributed by atoms with E-state index in [4.69, 9.17) is 23.2 Å². The fraction of sp³-hybridized carbons (Fsp3) is 0.0588. The number of halogens is 5. The Morgan fingerprint density at radius 2 is 1.80 bits per heavy atom. The molecule has 0 aliphatic carbocycles. The van der Waals surface area contributed by atoms with Crippen molar-refractivity contribution < 1.29 is 18.0 Å². The molecule has 0 radical (unpaired) electrons. The molecule has 0 saturated heterocycles. The van der Waals surface area contributed by atoms with Crippen LogP contribution in [0.2, 0.25) is 10.0 Å². The molecule has 3 rings (SSSR count). The van der Waals surface area contributed by atoms with Crippen LogP contribution >= 0.6 is 23.2 Å². The number of nitrogens with zero attached hydrogens (tertiary/aromatic N) is 2. The van der Waals surface area contributed by atoms with Gasteiger partial charge in [0, 0.05) is 11.8 Å². The summed E-state index contributed by atoms with van der Waals surface area (Å²) in [7, 11) is 0. The number of benzene rings is 2. The van der Waals surface area contributed by atoms with E-state index in [9.17, 15) is 18.0 Å². The van der Waals surface area contributed by atoms with E-state index in [-0.39, 0.29) is 16.3 Å². The number of carbonyl (C=O) groups excluding carboxylic acids is 1. The normalized spacial score (nSPS) is 11.6. The van der Waals surface area contributed by atoms with Crippen molar-refractivity contribution in [3.05, 3.63) is 69.8 Å². The minimum atomic E-state index is -4.47. The molecule has 0 aliphatic heterocycles. The molecule has 0 N–H and O–H groups in total. The molecular formula is C17H9Cl2F3N2O. The smallest absolute Gasteiger partial charge is 0.298 e. The van der Waals surface area contributed by atoms with Crippen LogP contribution in [0.1, 0.15) is 15.9 Å². The van der Waals surface area contributed by atoms with E-state index in [0.29, 0.717) is 22.6 Å². The molecule has 3 nitrogen and oxygen atoms in total. The van der Waals surface area contributed by atoms with Gasteiger partial charge in [-0.3, -0.25) is 4.79 Å². The first-order valence-corrected chi connectivity index (χ1v) is 7.73. The van der Waals surface area contributed by atoms with Gasteiger partial charge in [-0.25, -0.2) is 4.68 Å². The number of aldehydes is 1.